The zero-order chi connectivity index (χ0) is 13.1. The Bertz CT molecular complexity index is 631. The van der Waals surface area contributed by atoms with Gasteiger partial charge in [0, 0.05) is 5.56 Å². The molecule has 2 heteroatoms. The molecule has 90 valence electrons. The molecule has 0 nitrogen and oxygen atoms in total. The maximum Gasteiger partial charge on any atom is 0.157 e. The van der Waals surface area contributed by atoms with Crippen molar-refractivity contribution < 1.29 is 4.39 Å². The van der Waals surface area contributed by atoms with E-state index in [4.69, 9.17) is 11.6 Å². The third kappa shape index (κ3) is 2.72. The van der Waals surface area contributed by atoms with Crippen molar-refractivity contribution in [2.45, 2.75) is 13.8 Å². The van der Waals surface area contributed by atoms with Gasteiger partial charge in [-0.25, -0.2) is 4.39 Å². The molecule has 0 saturated heterocycles. The Labute approximate surface area is 111 Å². The van der Waals surface area contributed by atoms with Gasteiger partial charge in [0.1, 0.15) is 0 Å². The molecule has 0 unspecified atom stereocenters. The highest BCUT2D eigenvalue weighted by molar-refractivity contribution is 6.31. The van der Waals surface area contributed by atoms with Gasteiger partial charge in [0.05, 0.1) is 10.6 Å². The van der Waals surface area contributed by atoms with Crippen LogP contribution in [0.1, 0.15) is 22.3 Å². The van der Waals surface area contributed by atoms with Crippen molar-refractivity contribution in [1.29, 1.82) is 0 Å². The molecule has 2 aromatic rings. The largest absolute Gasteiger partial charge is 0.204 e. The molecule has 0 aliphatic rings. The lowest BCUT2D eigenvalue weighted by Crippen LogP contribution is -1.88. The molecule has 2 rings (SSSR count). The van der Waals surface area contributed by atoms with E-state index in [2.05, 4.69) is 11.8 Å². The van der Waals surface area contributed by atoms with E-state index in [1.54, 1.807) is 19.1 Å². The van der Waals surface area contributed by atoms with E-state index in [0.29, 0.717) is 5.56 Å². The quantitative estimate of drug-likeness (QED) is 0.611. The fraction of sp³-hybridized carbons (Fsp3) is 0.125. The highest BCUT2D eigenvalue weighted by atomic mass is 35.5. The number of benzene rings is 2. The molecule has 0 saturated carbocycles. The summed E-state index contributed by atoms with van der Waals surface area (Å²) in [5.41, 5.74) is 3.07. The van der Waals surface area contributed by atoms with E-state index < -0.39 is 5.82 Å². The molecule has 0 radical (unpaired) electrons. The molecule has 0 bridgehead atoms. The van der Waals surface area contributed by atoms with E-state index >= 15 is 0 Å². The van der Waals surface area contributed by atoms with Gasteiger partial charge in [0.15, 0.2) is 5.82 Å². The minimum absolute atomic E-state index is 0.144. The third-order valence-electron chi connectivity index (χ3n) is 2.67. The van der Waals surface area contributed by atoms with Crippen LogP contribution < -0.4 is 0 Å². The zero-order valence-corrected chi connectivity index (χ0v) is 11.0. The monoisotopic (exact) mass is 258 g/mol. The van der Waals surface area contributed by atoms with E-state index in [1.165, 1.54) is 5.56 Å². The topological polar surface area (TPSA) is 0 Å². The molecule has 0 N–H and O–H groups in total. The molecule has 0 atom stereocenters. The molecule has 0 amide bonds. The molecule has 0 fully saturated rings. The maximum absolute atomic E-state index is 13.8. The van der Waals surface area contributed by atoms with Crippen LogP contribution in [0.5, 0.6) is 0 Å². The molecule has 2 aromatic carbocycles. The molecular formula is C16H12ClF. The van der Waals surface area contributed by atoms with Gasteiger partial charge in [-0.2, -0.15) is 0 Å². The Morgan fingerprint density at radius 2 is 1.61 bits per heavy atom. The lowest BCUT2D eigenvalue weighted by atomic mass is 10.1. The molecule has 0 spiro atoms. The third-order valence-corrected chi connectivity index (χ3v) is 3.13. The Morgan fingerprint density at radius 1 is 0.944 bits per heavy atom. The van der Waals surface area contributed by atoms with E-state index in [9.17, 15) is 4.39 Å². The van der Waals surface area contributed by atoms with Crippen molar-refractivity contribution >= 4 is 11.6 Å². The van der Waals surface area contributed by atoms with Gasteiger partial charge in [-0.15, -0.1) is 0 Å². The zero-order valence-electron chi connectivity index (χ0n) is 10.2. The second kappa shape index (κ2) is 5.25. The van der Waals surface area contributed by atoms with Crippen molar-refractivity contribution in [2.24, 2.45) is 0 Å². The summed E-state index contributed by atoms with van der Waals surface area (Å²) in [4.78, 5) is 0. The minimum Gasteiger partial charge on any atom is -0.204 e. The van der Waals surface area contributed by atoms with Crippen LogP contribution in [0.4, 0.5) is 4.39 Å². The lowest BCUT2D eigenvalue weighted by Gasteiger charge is -2.00. The molecule has 18 heavy (non-hydrogen) atoms. The van der Waals surface area contributed by atoms with Crippen LogP contribution >= 0.6 is 11.6 Å². The highest BCUT2D eigenvalue weighted by Crippen LogP contribution is 2.21. The van der Waals surface area contributed by atoms with Gasteiger partial charge in [-0.05, 0) is 37.6 Å². The maximum atomic E-state index is 13.8. The number of hydrogen-bond donors (Lipinski definition) is 0. The summed E-state index contributed by atoms with van der Waals surface area (Å²) >= 11 is 5.84. The van der Waals surface area contributed by atoms with Crippen LogP contribution in [-0.2, 0) is 0 Å². The van der Waals surface area contributed by atoms with E-state index in [0.717, 1.165) is 11.1 Å². The Balaban J connectivity index is 2.36. The summed E-state index contributed by atoms with van der Waals surface area (Å²) in [6.45, 7) is 3.78. The van der Waals surface area contributed by atoms with Crippen molar-refractivity contribution in [3.63, 3.8) is 0 Å². The van der Waals surface area contributed by atoms with Crippen molar-refractivity contribution in [2.75, 3.05) is 0 Å². The van der Waals surface area contributed by atoms with Gasteiger partial charge in [0.25, 0.3) is 0 Å². The summed E-state index contributed by atoms with van der Waals surface area (Å²) < 4.78 is 13.8. The van der Waals surface area contributed by atoms with Crippen LogP contribution in [-0.4, -0.2) is 0 Å². The summed E-state index contributed by atoms with van der Waals surface area (Å²) in [6, 6.07) is 11.2. The first-order chi connectivity index (χ1) is 8.58. The predicted molar refractivity (Wildman–Crippen MR) is 73.3 cm³/mol. The lowest BCUT2D eigenvalue weighted by molar-refractivity contribution is 0.623. The Morgan fingerprint density at radius 3 is 2.28 bits per heavy atom. The Hall–Kier alpha value is -1.78. The fourth-order valence-electron chi connectivity index (χ4n) is 1.52. The normalized spacial score (nSPS) is 9.78. The first-order valence-corrected chi connectivity index (χ1v) is 5.99. The highest BCUT2D eigenvalue weighted by Gasteiger charge is 2.06. The smallest absolute Gasteiger partial charge is 0.157 e. The van der Waals surface area contributed by atoms with Gasteiger partial charge in [0.2, 0.25) is 0 Å². The van der Waals surface area contributed by atoms with Crippen molar-refractivity contribution in [3.8, 4) is 11.8 Å². The first-order valence-electron chi connectivity index (χ1n) is 5.61. The van der Waals surface area contributed by atoms with E-state index in [1.807, 2.05) is 31.2 Å². The number of halogens is 2. The molecule has 0 aliphatic heterocycles. The predicted octanol–water partition coefficient (Wildman–Crippen LogP) is 4.50. The average Bonchev–Trinajstić information content (AvgIpc) is 2.37. The average molecular weight is 259 g/mol. The fourth-order valence-corrected chi connectivity index (χ4v) is 1.68. The summed E-state index contributed by atoms with van der Waals surface area (Å²) in [7, 11) is 0. The first kappa shape index (κ1) is 12.7. The second-order valence-corrected chi connectivity index (χ2v) is 4.55. The molecule has 0 aromatic heterocycles. The Kier molecular flexibility index (Phi) is 3.69. The van der Waals surface area contributed by atoms with Gasteiger partial charge in [-0.1, -0.05) is 47.2 Å². The van der Waals surface area contributed by atoms with Crippen molar-refractivity contribution in [1.82, 2.24) is 0 Å². The molecule has 0 aliphatic carbocycles. The minimum atomic E-state index is -0.448. The van der Waals surface area contributed by atoms with Crippen molar-refractivity contribution in [3.05, 3.63) is 69.5 Å². The van der Waals surface area contributed by atoms with Crippen LogP contribution in [0, 0.1) is 31.5 Å². The SMILES string of the molecule is Cc1ccc(C#Cc2ccc(C)c(Cl)c2F)cc1. The number of rotatable bonds is 0. The van der Waals surface area contributed by atoms with Crippen LogP contribution in [0.25, 0.3) is 0 Å². The van der Waals surface area contributed by atoms with Crippen LogP contribution in [0.15, 0.2) is 36.4 Å². The van der Waals surface area contributed by atoms with Gasteiger partial charge < -0.3 is 0 Å². The number of hydrogen-bond acceptors (Lipinski definition) is 0. The van der Waals surface area contributed by atoms with Gasteiger partial charge >= 0.3 is 0 Å². The molecular weight excluding hydrogens is 247 g/mol. The molecule has 0 heterocycles. The van der Waals surface area contributed by atoms with Gasteiger partial charge in [-0.3, -0.25) is 0 Å². The second-order valence-electron chi connectivity index (χ2n) is 4.17. The summed E-state index contributed by atoms with van der Waals surface area (Å²) in [5, 5.41) is 0.144. The van der Waals surface area contributed by atoms with E-state index in [-0.39, 0.29) is 5.02 Å². The van der Waals surface area contributed by atoms with Crippen LogP contribution in [0.2, 0.25) is 5.02 Å². The summed E-state index contributed by atoms with van der Waals surface area (Å²) in [6.07, 6.45) is 0. The van der Waals surface area contributed by atoms with Crippen LogP contribution in [0.3, 0.4) is 0 Å². The standard InChI is InChI=1S/C16H12ClF/c1-11-3-6-13(7-4-11)8-10-14-9-5-12(2)15(17)16(14)18/h3-7,9H,1-2H3. The summed E-state index contributed by atoms with van der Waals surface area (Å²) in [5.74, 6) is 5.29. The number of aryl methyl sites for hydroxylation is 2.